The van der Waals surface area contributed by atoms with Crippen LogP contribution in [0, 0.1) is 5.92 Å². The molecule has 0 saturated carbocycles. The van der Waals surface area contributed by atoms with Crippen LogP contribution in [-0.4, -0.2) is 57.1 Å². The maximum atomic E-state index is 12.1. The molecule has 23 heavy (non-hydrogen) atoms. The molecule has 0 aromatic heterocycles. The number of piperazine rings is 1. The Morgan fingerprint density at radius 3 is 2.39 bits per heavy atom. The Morgan fingerprint density at radius 2 is 1.83 bits per heavy atom. The maximum absolute atomic E-state index is 12.1. The molecule has 0 aliphatic carbocycles. The number of nitrogens with zero attached hydrogens (tertiary/aromatic N) is 2. The summed E-state index contributed by atoms with van der Waals surface area (Å²) in [6, 6.07) is 5.32. The Morgan fingerprint density at radius 1 is 1.17 bits per heavy atom. The van der Waals surface area contributed by atoms with Crippen LogP contribution >= 0.6 is 0 Å². The van der Waals surface area contributed by atoms with Gasteiger partial charge in [0.25, 0.3) is 0 Å². The molecule has 0 radical (unpaired) electrons. The van der Waals surface area contributed by atoms with E-state index in [1.807, 2.05) is 19.9 Å². The minimum absolute atomic E-state index is 0.0672. The van der Waals surface area contributed by atoms with E-state index in [-0.39, 0.29) is 11.8 Å². The topological polar surface area (TPSA) is 61.9 Å². The van der Waals surface area contributed by atoms with Gasteiger partial charge in [0.2, 0.25) is 5.91 Å². The van der Waals surface area contributed by atoms with E-state index in [4.69, 9.17) is 4.74 Å². The number of carbonyl (C=O) groups is 2. The lowest BCUT2D eigenvalue weighted by molar-refractivity contribution is -0.118. The lowest BCUT2D eigenvalue weighted by atomic mass is 10.1. The highest BCUT2D eigenvalue weighted by Crippen LogP contribution is 2.29. The lowest BCUT2D eigenvalue weighted by Gasteiger charge is -2.35. The van der Waals surface area contributed by atoms with E-state index in [9.17, 15) is 9.59 Å². The minimum atomic E-state index is -0.407. The van der Waals surface area contributed by atoms with E-state index in [0.717, 1.165) is 31.9 Å². The van der Waals surface area contributed by atoms with Crippen LogP contribution in [0.2, 0.25) is 0 Å². The molecule has 1 aliphatic heterocycles. The second kappa shape index (κ2) is 7.46. The van der Waals surface area contributed by atoms with Crippen LogP contribution < -0.4 is 10.2 Å². The van der Waals surface area contributed by atoms with E-state index in [0.29, 0.717) is 11.3 Å². The fourth-order valence-electron chi connectivity index (χ4n) is 2.48. The number of ether oxygens (including phenoxy) is 1. The normalized spacial score (nSPS) is 15.6. The molecule has 0 atom stereocenters. The number of likely N-dealkylation sites (N-methyl/N-ethyl adjacent to an activating group) is 1. The summed E-state index contributed by atoms with van der Waals surface area (Å²) in [5.41, 5.74) is 2.04. The van der Waals surface area contributed by atoms with Gasteiger partial charge in [-0.25, -0.2) is 4.79 Å². The van der Waals surface area contributed by atoms with Gasteiger partial charge in [-0.2, -0.15) is 0 Å². The van der Waals surface area contributed by atoms with Gasteiger partial charge in [-0.05, 0) is 25.2 Å². The zero-order valence-electron chi connectivity index (χ0n) is 14.3. The highest BCUT2D eigenvalue weighted by Gasteiger charge is 2.20. The molecule has 126 valence electrons. The van der Waals surface area contributed by atoms with Crippen LogP contribution in [0.5, 0.6) is 0 Å². The van der Waals surface area contributed by atoms with E-state index in [2.05, 4.69) is 22.2 Å². The van der Waals surface area contributed by atoms with Crippen LogP contribution in [0.15, 0.2) is 18.2 Å². The van der Waals surface area contributed by atoms with Crippen molar-refractivity contribution in [3.05, 3.63) is 23.8 Å². The molecule has 6 nitrogen and oxygen atoms in total. The van der Waals surface area contributed by atoms with Crippen molar-refractivity contribution in [2.24, 2.45) is 5.92 Å². The molecule has 1 aromatic rings. The Kier molecular flexibility index (Phi) is 5.60. The van der Waals surface area contributed by atoms with Crippen molar-refractivity contribution in [3.8, 4) is 0 Å². The maximum Gasteiger partial charge on any atom is 0.337 e. The van der Waals surface area contributed by atoms with Crippen LogP contribution in [0.4, 0.5) is 11.4 Å². The van der Waals surface area contributed by atoms with Crippen LogP contribution in [0.25, 0.3) is 0 Å². The minimum Gasteiger partial charge on any atom is -0.465 e. The summed E-state index contributed by atoms with van der Waals surface area (Å²) >= 11 is 0. The molecule has 6 heteroatoms. The highest BCUT2D eigenvalue weighted by atomic mass is 16.5. The number of anilines is 2. The molecular formula is C17H25N3O3. The van der Waals surface area contributed by atoms with E-state index in [1.165, 1.54) is 7.11 Å². The molecule has 1 amide bonds. The Labute approximate surface area is 137 Å². The van der Waals surface area contributed by atoms with Gasteiger partial charge in [-0.3, -0.25) is 4.79 Å². The van der Waals surface area contributed by atoms with Gasteiger partial charge in [0, 0.05) is 32.1 Å². The number of hydrogen-bond acceptors (Lipinski definition) is 5. The summed E-state index contributed by atoms with van der Waals surface area (Å²) in [5, 5.41) is 2.94. The average molecular weight is 319 g/mol. The molecule has 1 saturated heterocycles. The molecule has 1 aromatic carbocycles. The second-order valence-electron chi connectivity index (χ2n) is 6.16. The fourth-order valence-corrected chi connectivity index (χ4v) is 2.48. The first kappa shape index (κ1) is 17.3. The van der Waals surface area contributed by atoms with Crippen LogP contribution in [0.1, 0.15) is 24.2 Å². The zero-order chi connectivity index (χ0) is 17.0. The van der Waals surface area contributed by atoms with Crippen molar-refractivity contribution in [2.75, 3.05) is 50.6 Å². The Balaban J connectivity index is 2.32. The number of nitrogens with one attached hydrogen (secondary N) is 1. The smallest absolute Gasteiger partial charge is 0.337 e. The van der Waals surface area contributed by atoms with E-state index >= 15 is 0 Å². The second-order valence-corrected chi connectivity index (χ2v) is 6.16. The number of carbonyl (C=O) groups excluding carboxylic acids is 2. The van der Waals surface area contributed by atoms with Gasteiger partial charge >= 0.3 is 5.97 Å². The van der Waals surface area contributed by atoms with Gasteiger partial charge in [0.1, 0.15) is 0 Å². The number of hydrogen-bond donors (Lipinski definition) is 1. The summed E-state index contributed by atoms with van der Waals surface area (Å²) < 4.78 is 4.77. The third-order valence-electron chi connectivity index (χ3n) is 4.04. The Bertz CT molecular complexity index is 578. The third kappa shape index (κ3) is 4.22. The fraction of sp³-hybridized carbons (Fsp3) is 0.529. The first-order valence-electron chi connectivity index (χ1n) is 7.89. The van der Waals surface area contributed by atoms with Gasteiger partial charge in [-0.1, -0.05) is 13.8 Å². The molecular weight excluding hydrogens is 294 g/mol. The molecule has 2 rings (SSSR count). The monoisotopic (exact) mass is 319 g/mol. The van der Waals surface area contributed by atoms with E-state index in [1.54, 1.807) is 12.1 Å². The molecule has 1 heterocycles. The largest absolute Gasteiger partial charge is 0.465 e. The first-order chi connectivity index (χ1) is 10.9. The molecule has 0 bridgehead atoms. The quantitative estimate of drug-likeness (QED) is 0.858. The summed E-state index contributed by atoms with van der Waals surface area (Å²) in [6.45, 7) is 7.40. The first-order valence-corrected chi connectivity index (χ1v) is 7.89. The molecule has 1 aliphatic rings. The van der Waals surface area contributed by atoms with Crippen molar-refractivity contribution < 1.29 is 14.3 Å². The summed E-state index contributed by atoms with van der Waals surface area (Å²) in [5.74, 6) is -0.602. The Hall–Kier alpha value is -2.08. The summed E-state index contributed by atoms with van der Waals surface area (Å²) in [6.07, 6.45) is 0. The molecule has 0 unspecified atom stereocenters. The van der Waals surface area contributed by atoms with E-state index < -0.39 is 5.97 Å². The van der Waals surface area contributed by atoms with Crippen LogP contribution in [-0.2, 0) is 9.53 Å². The lowest BCUT2D eigenvalue weighted by Crippen LogP contribution is -2.44. The number of esters is 1. The van der Waals surface area contributed by atoms with Crippen molar-refractivity contribution in [1.82, 2.24) is 4.90 Å². The van der Waals surface area contributed by atoms with Gasteiger partial charge < -0.3 is 19.9 Å². The summed E-state index contributed by atoms with van der Waals surface area (Å²) in [4.78, 5) is 28.4. The SMILES string of the molecule is COC(=O)c1ccc(N2CCN(C)CC2)c(NC(=O)C(C)C)c1. The van der Waals surface area contributed by atoms with Crippen molar-refractivity contribution >= 4 is 23.3 Å². The zero-order valence-corrected chi connectivity index (χ0v) is 14.3. The number of amides is 1. The number of benzene rings is 1. The molecule has 0 spiro atoms. The van der Waals surface area contributed by atoms with Gasteiger partial charge in [-0.15, -0.1) is 0 Å². The van der Waals surface area contributed by atoms with Crippen molar-refractivity contribution in [1.29, 1.82) is 0 Å². The molecule has 1 N–H and O–H groups in total. The van der Waals surface area contributed by atoms with Crippen molar-refractivity contribution in [2.45, 2.75) is 13.8 Å². The molecule has 1 fully saturated rings. The average Bonchev–Trinajstić information content (AvgIpc) is 2.54. The third-order valence-corrected chi connectivity index (χ3v) is 4.04. The summed E-state index contributed by atoms with van der Waals surface area (Å²) in [7, 11) is 3.45. The standard InChI is InChI=1S/C17H25N3O3/c1-12(2)16(21)18-14-11-13(17(22)23-4)5-6-15(14)20-9-7-19(3)8-10-20/h5-6,11-12H,7-10H2,1-4H3,(H,18,21). The number of rotatable bonds is 4. The predicted molar refractivity (Wildman–Crippen MR) is 91.0 cm³/mol. The van der Waals surface area contributed by atoms with Gasteiger partial charge in [0.05, 0.1) is 24.0 Å². The number of methoxy groups -OCH3 is 1. The van der Waals surface area contributed by atoms with Crippen molar-refractivity contribution in [3.63, 3.8) is 0 Å². The predicted octanol–water partition coefficient (Wildman–Crippen LogP) is 1.82. The van der Waals surface area contributed by atoms with Gasteiger partial charge in [0.15, 0.2) is 0 Å². The highest BCUT2D eigenvalue weighted by molar-refractivity contribution is 5.98. The van der Waals surface area contributed by atoms with Crippen LogP contribution in [0.3, 0.4) is 0 Å².